The molecule has 0 aliphatic carbocycles. The summed E-state index contributed by atoms with van der Waals surface area (Å²) in [6.07, 6.45) is -5.54. The predicted molar refractivity (Wildman–Crippen MR) is 70.9 cm³/mol. The maximum atomic E-state index is 12.1. The van der Waals surface area contributed by atoms with Gasteiger partial charge in [0.05, 0.1) is 10.0 Å². The van der Waals surface area contributed by atoms with E-state index in [2.05, 4.69) is 0 Å². The van der Waals surface area contributed by atoms with E-state index in [0.29, 0.717) is 0 Å². The quantitative estimate of drug-likeness (QED) is 0.730. The van der Waals surface area contributed by atoms with Crippen molar-refractivity contribution in [1.29, 1.82) is 0 Å². The first-order chi connectivity index (χ1) is 7.72. The highest BCUT2D eigenvalue weighted by Crippen LogP contribution is 2.37. The molecule has 104 valence electrons. The average molecular weight is 343 g/mol. The van der Waals surface area contributed by atoms with Gasteiger partial charge in [-0.1, -0.05) is 34.8 Å². The molecule has 0 saturated heterocycles. The molecule has 0 spiro atoms. The minimum Gasteiger partial charge on any atom is -0.324 e. The minimum absolute atomic E-state index is 0. The van der Waals surface area contributed by atoms with E-state index in [-0.39, 0.29) is 39.5 Å². The monoisotopic (exact) mass is 341 g/mol. The molecule has 1 aromatic carbocycles. The van der Waals surface area contributed by atoms with E-state index in [1.54, 1.807) is 0 Å². The number of hydrogen-bond acceptors (Lipinski definition) is 1. The zero-order valence-electron chi connectivity index (χ0n) is 8.90. The maximum Gasteiger partial charge on any atom is 0.389 e. The lowest BCUT2D eigenvalue weighted by molar-refractivity contribution is -0.136. The summed E-state index contributed by atoms with van der Waals surface area (Å²) in [5, 5.41) is 0.538. The van der Waals surface area contributed by atoms with Crippen molar-refractivity contribution < 1.29 is 13.2 Å². The number of hydrogen-bond donors (Lipinski definition) is 1. The van der Waals surface area contributed by atoms with Gasteiger partial charge in [-0.2, -0.15) is 13.2 Å². The summed E-state index contributed by atoms with van der Waals surface area (Å²) in [7, 11) is 0. The average Bonchev–Trinajstić information content (AvgIpc) is 2.20. The third-order valence-electron chi connectivity index (χ3n) is 2.19. The van der Waals surface area contributed by atoms with Gasteiger partial charge < -0.3 is 5.73 Å². The molecular formula is C10H10Cl4F3N. The molecule has 0 unspecified atom stereocenters. The van der Waals surface area contributed by atoms with Crippen molar-refractivity contribution in [3.05, 3.63) is 32.8 Å². The number of benzene rings is 1. The summed E-state index contributed by atoms with van der Waals surface area (Å²) in [6, 6.07) is 2.03. The van der Waals surface area contributed by atoms with Crippen LogP contribution in [-0.4, -0.2) is 6.18 Å². The van der Waals surface area contributed by atoms with Crippen LogP contribution < -0.4 is 5.73 Å². The summed E-state index contributed by atoms with van der Waals surface area (Å²) < 4.78 is 36.2. The Morgan fingerprint density at radius 1 is 1.11 bits per heavy atom. The van der Waals surface area contributed by atoms with Gasteiger partial charge in [-0.05, 0) is 18.6 Å². The number of alkyl halides is 3. The van der Waals surface area contributed by atoms with Crippen LogP contribution in [0.15, 0.2) is 12.1 Å². The van der Waals surface area contributed by atoms with Gasteiger partial charge >= 0.3 is 6.18 Å². The predicted octanol–water partition coefficient (Wildman–Crippen LogP) is 5.41. The van der Waals surface area contributed by atoms with E-state index in [1.807, 2.05) is 0 Å². The Labute approximate surface area is 124 Å². The second kappa shape index (κ2) is 7.06. The smallest absolute Gasteiger partial charge is 0.324 e. The van der Waals surface area contributed by atoms with Gasteiger partial charge in [0, 0.05) is 23.0 Å². The molecule has 2 N–H and O–H groups in total. The Kier molecular flexibility index (Phi) is 7.11. The van der Waals surface area contributed by atoms with Crippen LogP contribution >= 0.6 is 47.2 Å². The van der Waals surface area contributed by atoms with Crippen LogP contribution in [0.1, 0.15) is 24.4 Å². The summed E-state index contributed by atoms with van der Waals surface area (Å²) in [5.41, 5.74) is 5.90. The highest BCUT2D eigenvalue weighted by molar-refractivity contribution is 6.44. The third kappa shape index (κ3) is 5.02. The Hall–Kier alpha value is 0.130. The topological polar surface area (TPSA) is 26.0 Å². The van der Waals surface area contributed by atoms with E-state index < -0.39 is 18.6 Å². The third-order valence-corrected chi connectivity index (χ3v) is 3.34. The molecule has 0 aromatic heterocycles. The van der Waals surface area contributed by atoms with E-state index >= 15 is 0 Å². The molecule has 0 bridgehead atoms. The van der Waals surface area contributed by atoms with Gasteiger partial charge in [0.1, 0.15) is 0 Å². The fraction of sp³-hybridized carbons (Fsp3) is 0.400. The normalized spacial score (nSPS) is 13.1. The summed E-state index contributed by atoms with van der Waals surface area (Å²) in [5.74, 6) is 0. The summed E-state index contributed by atoms with van der Waals surface area (Å²) in [6.45, 7) is 0. The van der Waals surface area contributed by atoms with Crippen molar-refractivity contribution in [2.75, 3.05) is 0 Å². The van der Waals surface area contributed by atoms with Gasteiger partial charge in [-0.3, -0.25) is 0 Å². The minimum atomic E-state index is -4.25. The van der Waals surface area contributed by atoms with E-state index in [1.165, 1.54) is 12.1 Å². The molecule has 1 aromatic rings. The molecular weight excluding hydrogens is 333 g/mol. The Balaban J connectivity index is 0.00000289. The molecule has 0 amide bonds. The van der Waals surface area contributed by atoms with Gasteiger partial charge in [0.15, 0.2) is 0 Å². The highest BCUT2D eigenvalue weighted by Gasteiger charge is 2.29. The maximum absolute atomic E-state index is 12.1. The van der Waals surface area contributed by atoms with Gasteiger partial charge in [-0.15, -0.1) is 12.4 Å². The van der Waals surface area contributed by atoms with Crippen molar-refractivity contribution >= 4 is 47.2 Å². The van der Waals surface area contributed by atoms with Crippen LogP contribution in [0.4, 0.5) is 13.2 Å². The molecule has 0 heterocycles. The standard InChI is InChI=1S/C10H9Cl3F3N.ClH/c11-5-1-2-6(12)9(13)8(5)7(17)3-4-10(14,15)16;/h1-2,7H,3-4,17H2;1H/t7-;/m0./s1. The lowest BCUT2D eigenvalue weighted by Crippen LogP contribution is -2.16. The fourth-order valence-electron chi connectivity index (χ4n) is 1.35. The number of nitrogens with two attached hydrogens (primary N) is 1. The van der Waals surface area contributed by atoms with Crippen LogP contribution in [-0.2, 0) is 0 Å². The lowest BCUT2D eigenvalue weighted by Gasteiger charge is -2.17. The molecule has 0 saturated carbocycles. The zero-order chi connectivity index (χ0) is 13.2. The highest BCUT2D eigenvalue weighted by atomic mass is 35.5. The molecule has 0 aliphatic heterocycles. The largest absolute Gasteiger partial charge is 0.389 e. The number of rotatable bonds is 3. The first-order valence-electron chi connectivity index (χ1n) is 4.68. The van der Waals surface area contributed by atoms with Gasteiger partial charge in [-0.25, -0.2) is 0 Å². The molecule has 1 rings (SSSR count). The molecule has 18 heavy (non-hydrogen) atoms. The molecule has 0 aliphatic rings. The molecule has 0 radical (unpaired) electrons. The van der Waals surface area contributed by atoms with Crippen LogP contribution in [0.2, 0.25) is 15.1 Å². The Morgan fingerprint density at radius 2 is 1.61 bits per heavy atom. The molecule has 8 heteroatoms. The Bertz CT molecular complexity index is 409. The first kappa shape index (κ1) is 18.1. The van der Waals surface area contributed by atoms with Crippen molar-refractivity contribution in [2.45, 2.75) is 25.1 Å². The van der Waals surface area contributed by atoms with Crippen molar-refractivity contribution in [1.82, 2.24) is 0 Å². The second-order valence-corrected chi connectivity index (χ2v) is 4.71. The zero-order valence-corrected chi connectivity index (χ0v) is 12.0. The van der Waals surface area contributed by atoms with E-state index in [9.17, 15) is 13.2 Å². The van der Waals surface area contributed by atoms with E-state index in [4.69, 9.17) is 40.5 Å². The lowest BCUT2D eigenvalue weighted by atomic mass is 10.0. The summed E-state index contributed by atoms with van der Waals surface area (Å²) >= 11 is 17.5. The SMILES string of the molecule is Cl.N[C@@H](CCC(F)(F)F)c1c(Cl)ccc(Cl)c1Cl. The molecule has 0 fully saturated rings. The van der Waals surface area contributed by atoms with Crippen LogP contribution in [0.5, 0.6) is 0 Å². The Morgan fingerprint density at radius 3 is 2.11 bits per heavy atom. The molecule has 1 nitrogen and oxygen atoms in total. The van der Waals surface area contributed by atoms with Crippen molar-refractivity contribution in [3.63, 3.8) is 0 Å². The van der Waals surface area contributed by atoms with Crippen LogP contribution in [0.3, 0.4) is 0 Å². The fourth-order valence-corrected chi connectivity index (χ4v) is 2.16. The van der Waals surface area contributed by atoms with E-state index in [0.717, 1.165) is 0 Å². The molecule has 1 atom stereocenters. The summed E-state index contributed by atoms with van der Waals surface area (Å²) in [4.78, 5) is 0. The second-order valence-electron chi connectivity index (χ2n) is 3.52. The van der Waals surface area contributed by atoms with Crippen molar-refractivity contribution in [2.24, 2.45) is 5.73 Å². The van der Waals surface area contributed by atoms with Crippen LogP contribution in [0.25, 0.3) is 0 Å². The van der Waals surface area contributed by atoms with Gasteiger partial charge in [0.2, 0.25) is 0 Å². The van der Waals surface area contributed by atoms with Gasteiger partial charge in [0.25, 0.3) is 0 Å². The van der Waals surface area contributed by atoms with Crippen LogP contribution in [0, 0.1) is 0 Å². The first-order valence-corrected chi connectivity index (χ1v) is 5.81. The van der Waals surface area contributed by atoms with Crippen molar-refractivity contribution in [3.8, 4) is 0 Å². The number of halogens is 7.